The summed E-state index contributed by atoms with van der Waals surface area (Å²) >= 11 is 0. The van der Waals surface area contributed by atoms with Crippen molar-refractivity contribution in [3.05, 3.63) is 53.1 Å². The predicted molar refractivity (Wildman–Crippen MR) is 65.5 cm³/mol. The largest absolute Gasteiger partial charge is 0.348 e. The van der Waals surface area contributed by atoms with E-state index in [1.54, 1.807) is 37.0 Å². The number of nitrogens with zero attached hydrogens (tertiary/aromatic N) is 2. The first-order valence-electron chi connectivity index (χ1n) is 5.58. The highest BCUT2D eigenvalue weighted by Crippen LogP contribution is 2.09. The Hall–Kier alpha value is -2.17. The maximum Gasteiger partial charge on any atom is 0.254 e. The number of carbonyl (C=O) groups is 1. The monoisotopic (exact) mass is 247 g/mol. The van der Waals surface area contributed by atoms with Crippen molar-refractivity contribution in [1.29, 1.82) is 0 Å². The number of hydrogen-bond acceptors (Lipinski definition) is 2. The van der Waals surface area contributed by atoms with Gasteiger partial charge >= 0.3 is 0 Å². The Morgan fingerprint density at radius 3 is 2.89 bits per heavy atom. The topological polar surface area (TPSA) is 46.9 Å². The van der Waals surface area contributed by atoms with Gasteiger partial charge in [0, 0.05) is 19.8 Å². The summed E-state index contributed by atoms with van der Waals surface area (Å²) in [6, 6.07) is 4.78. The minimum Gasteiger partial charge on any atom is -0.348 e. The number of benzene rings is 1. The van der Waals surface area contributed by atoms with Gasteiger partial charge in [-0.05, 0) is 24.1 Å². The van der Waals surface area contributed by atoms with E-state index >= 15 is 0 Å². The third kappa shape index (κ3) is 2.74. The molecule has 2 aromatic rings. The van der Waals surface area contributed by atoms with E-state index in [1.165, 1.54) is 12.3 Å². The maximum absolute atomic E-state index is 13.1. The molecule has 0 saturated heterocycles. The van der Waals surface area contributed by atoms with Crippen LogP contribution < -0.4 is 5.32 Å². The van der Waals surface area contributed by atoms with Gasteiger partial charge in [-0.3, -0.25) is 9.48 Å². The molecule has 0 aliphatic heterocycles. The lowest BCUT2D eigenvalue weighted by molar-refractivity contribution is 0.0951. The van der Waals surface area contributed by atoms with Crippen LogP contribution in [0.15, 0.2) is 30.6 Å². The maximum atomic E-state index is 13.1. The lowest BCUT2D eigenvalue weighted by atomic mass is 10.1. The molecule has 18 heavy (non-hydrogen) atoms. The zero-order valence-corrected chi connectivity index (χ0v) is 10.3. The van der Waals surface area contributed by atoms with E-state index in [4.69, 9.17) is 0 Å². The number of aryl methyl sites for hydroxylation is 2. The molecule has 1 amide bonds. The molecular weight excluding hydrogens is 233 g/mol. The second-order valence-electron chi connectivity index (χ2n) is 4.17. The molecular formula is C13H14FN3O. The van der Waals surface area contributed by atoms with Crippen molar-refractivity contribution in [3.8, 4) is 0 Å². The molecule has 2 rings (SSSR count). The molecule has 1 aromatic heterocycles. The number of aromatic nitrogens is 2. The van der Waals surface area contributed by atoms with Crippen LogP contribution in [0.2, 0.25) is 0 Å². The van der Waals surface area contributed by atoms with E-state index < -0.39 is 0 Å². The molecule has 1 heterocycles. The van der Waals surface area contributed by atoms with Crippen LogP contribution in [0.3, 0.4) is 0 Å². The first-order valence-corrected chi connectivity index (χ1v) is 5.58. The summed E-state index contributed by atoms with van der Waals surface area (Å²) in [5, 5.41) is 6.69. The fourth-order valence-electron chi connectivity index (χ4n) is 1.64. The Bertz CT molecular complexity index is 577. The standard InChI is InChI=1S/C13H14FN3O/c1-9-5-10(3-4-12(9)14)6-15-13(18)11-7-16-17(2)8-11/h3-5,7-8H,6H2,1-2H3,(H,15,18). The normalized spacial score (nSPS) is 10.4. The van der Waals surface area contributed by atoms with Crippen molar-refractivity contribution in [2.75, 3.05) is 0 Å². The Balaban J connectivity index is 1.99. The Kier molecular flexibility index (Phi) is 3.41. The Morgan fingerprint density at radius 2 is 2.28 bits per heavy atom. The van der Waals surface area contributed by atoms with Gasteiger partial charge in [-0.25, -0.2) is 4.39 Å². The van der Waals surface area contributed by atoms with Gasteiger partial charge in [0.1, 0.15) is 5.82 Å². The van der Waals surface area contributed by atoms with Gasteiger partial charge in [-0.1, -0.05) is 12.1 Å². The number of nitrogens with one attached hydrogen (secondary N) is 1. The second-order valence-corrected chi connectivity index (χ2v) is 4.17. The smallest absolute Gasteiger partial charge is 0.254 e. The first kappa shape index (κ1) is 12.3. The van der Waals surface area contributed by atoms with Crippen molar-refractivity contribution < 1.29 is 9.18 Å². The molecule has 0 unspecified atom stereocenters. The molecule has 0 atom stereocenters. The number of rotatable bonds is 3. The minimum absolute atomic E-state index is 0.190. The number of hydrogen-bond donors (Lipinski definition) is 1. The summed E-state index contributed by atoms with van der Waals surface area (Å²) in [5.74, 6) is -0.428. The van der Waals surface area contributed by atoms with E-state index in [2.05, 4.69) is 10.4 Å². The highest BCUT2D eigenvalue weighted by atomic mass is 19.1. The van der Waals surface area contributed by atoms with Crippen LogP contribution in [-0.4, -0.2) is 15.7 Å². The van der Waals surface area contributed by atoms with Crippen LogP contribution in [0.1, 0.15) is 21.5 Å². The summed E-state index contributed by atoms with van der Waals surface area (Å²) in [5.41, 5.74) is 1.95. The molecule has 94 valence electrons. The van der Waals surface area contributed by atoms with E-state index in [0.717, 1.165) is 5.56 Å². The Morgan fingerprint density at radius 1 is 1.50 bits per heavy atom. The quantitative estimate of drug-likeness (QED) is 0.899. The average Bonchev–Trinajstić information content (AvgIpc) is 2.77. The SMILES string of the molecule is Cc1cc(CNC(=O)c2cnn(C)c2)ccc1F. The molecule has 0 spiro atoms. The van der Waals surface area contributed by atoms with Crippen LogP contribution in [0.5, 0.6) is 0 Å². The predicted octanol–water partition coefficient (Wildman–Crippen LogP) is 1.80. The molecule has 1 aromatic carbocycles. The van der Waals surface area contributed by atoms with Gasteiger partial charge in [-0.2, -0.15) is 5.10 Å². The van der Waals surface area contributed by atoms with Crippen LogP contribution in [-0.2, 0) is 13.6 Å². The highest BCUT2D eigenvalue weighted by molar-refractivity contribution is 5.93. The third-order valence-corrected chi connectivity index (χ3v) is 2.64. The molecule has 0 radical (unpaired) electrons. The van der Waals surface area contributed by atoms with Gasteiger partial charge < -0.3 is 5.32 Å². The van der Waals surface area contributed by atoms with E-state index in [1.807, 2.05) is 0 Å². The Labute approximate surface area is 104 Å². The fourth-order valence-corrected chi connectivity index (χ4v) is 1.64. The molecule has 1 N–H and O–H groups in total. The van der Waals surface area contributed by atoms with Crippen LogP contribution >= 0.6 is 0 Å². The van der Waals surface area contributed by atoms with Crippen LogP contribution in [0, 0.1) is 12.7 Å². The molecule has 0 fully saturated rings. The van der Waals surface area contributed by atoms with E-state index in [9.17, 15) is 9.18 Å². The summed E-state index contributed by atoms with van der Waals surface area (Å²) in [6.07, 6.45) is 3.15. The first-order chi connectivity index (χ1) is 8.56. The molecule has 0 saturated carbocycles. The van der Waals surface area contributed by atoms with Gasteiger partial charge in [0.25, 0.3) is 5.91 Å². The van der Waals surface area contributed by atoms with E-state index in [0.29, 0.717) is 17.7 Å². The molecule has 0 aliphatic rings. The van der Waals surface area contributed by atoms with Crippen molar-refractivity contribution in [3.63, 3.8) is 0 Å². The number of halogens is 1. The molecule has 4 nitrogen and oxygen atoms in total. The highest BCUT2D eigenvalue weighted by Gasteiger charge is 2.07. The van der Waals surface area contributed by atoms with Gasteiger partial charge in [-0.15, -0.1) is 0 Å². The minimum atomic E-state index is -0.239. The lowest BCUT2D eigenvalue weighted by Gasteiger charge is -2.05. The van der Waals surface area contributed by atoms with Gasteiger partial charge in [0.15, 0.2) is 0 Å². The zero-order valence-electron chi connectivity index (χ0n) is 10.3. The van der Waals surface area contributed by atoms with Crippen LogP contribution in [0.4, 0.5) is 4.39 Å². The summed E-state index contributed by atoms with van der Waals surface area (Å²) in [6.45, 7) is 2.07. The zero-order chi connectivity index (χ0) is 13.1. The van der Waals surface area contributed by atoms with Gasteiger partial charge in [0.2, 0.25) is 0 Å². The third-order valence-electron chi connectivity index (χ3n) is 2.64. The molecule has 0 aliphatic carbocycles. The summed E-state index contributed by atoms with van der Waals surface area (Å²) in [4.78, 5) is 11.7. The lowest BCUT2D eigenvalue weighted by Crippen LogP contribution is -2.22. The fraction of sp³-hybridized carbons (Fsp3) is 0.231. The molecule has 0 bridgehead atoms. The second kappa shape index (κ2) is 5.00. The summed E-state index contributed by atoms with van der Waals surface area (Å²) in [7, 11) is 1.75. The van der Waals surface area contributed by atoms with Gasteiger partial charge in [0.05, 0.1) is 11.8 Å². The number of amides is 1. The molecule has 5 heteroatoms. The van der Waals surface area contributed by atoms with Crippen molar-refractivity contribution in [2.24, 2.45) is 7.05 Å². The number of carbonyl (C=O) groups excluding carboxylic acids is 1. The average molecular weight is 247 g/mol. The van der Waals surface area contributed by atoms with Crippen molar-refractivity contribution in [2.45, 2.75) is 13.5 Å². The van der Waals surface area contributed by atoms with Crippen LogP contribution in [0.25, 0.3) is 0 Å². The van der Waals surface area contributed by atoms with Crippen molar-refractivity contribution >= 4 is 5.91 Å². The summed E-state index contributed by atoms with van der Waals surface area (Å²) < 4.78 is 14.6. The van der Waals surface area contributed by atoms with E-state index in [-0.39, 0.29) is 11.7 Å². The van der Waals surface area contributed by atoms with Crippen molar-refractivity contribution in [1.82, 2.24) is 15.1 Å².